The van der Waals surface area contributed by atoms with E-state index in [1.807, 2.05) is 55.5 Å². The smallest absolute Gasteiger partial charge is 0.222 e. The summed E-state index contributed by atoms with van der Waals surface area (Å²) in [6.07, 6.45) is 0.315. The van der Waals surface area contributed by atoms with Gasteiger partial charge in [0.15, 0.2) is 17.5 Å². The third-order valence-corrected chi connectivity index (χ3v) is 3.93. The van der Waals surface area contributed by atoms with Gasteiger partial charge in [0.05, 0.1) is 20.8 Å². The summed E-state index contributed by atoms with van der Waals surface area (Å²) in [5, 5.41) is 9.28. The number of hydrogen-bond donors (Lipinski definition) is 3. The molecule has 0 fully saturated rings. The number of nitrogens with zero attached hydrogens (tertiary/aromatic N) is 1. The Bertz CT molecular complexity index is 785. The lowest BCUT2D eigenvalue weighted by molar-refractivity contribution is -0.121. The molecular formula is C21H29IN4O3. The van der Waals surface area contributed by atoms with E-state index in [-0.39, 0.29) is 29.9 Å². The van der Waals surface area contributed by atoms with Gasteiger partial charge in [0, 0.05) is 31.3 Å². The van der Waals surface area contributed by atoms with Gasteiger partial charge in [0.2, 0.25) is 5.91 Å². The first-order valence-electron chi connectivity index (χ1n) is 9.24. The molecule has 0 aliphatic heterocycles. The molecule has 0 unspecified atom stereocenters. The highest BCUT2D eigenvalue weighted by Crippen LogP contribution is 2.29. The number of anilines is 1. The number of rotatable bonds is 9. The zero-order valence-corrected chi connectivity index (χ0v) is 19.4. The van der Waals surface area contributed by atoms with Crippen LogP contribution < -0.4 is 25.4 Å². The molecule has 2 aromatic rings. The van der Waals surface area contributed by atoms with Gasteiger partial charge in [-0.3, -0.25) is 9.79 Å². The van der Waals surface area contributed by atoms with Crippen LogP contribution in [0.15, 0.2) is 53.5 Å². The molecule has 0 aromatic heterocycles. The van der Waals surface area contributed by atoms with Crippen LogP contribution in [0.25, 0.3) is 0 Å². The zero-order chi connectivity index (χ0) is 20.2. The van der Waals surface area contributed by atoms with Crippen molar-refractivity contribution in [2.45, 2.75) is 19.9 Å². The third kappa shape index (κ3) is 8.59. The standard InChI is InChI=1S/C21H28N4O3.HI/c1-4-22-21(25-17-10-11-18(27-2)19(14-17)28-3)23-13-12-20(26)24-15-16-8-6-5-7-9-16;/h5-11,14H,4,12-13,15H2,1-3H3,(H,24,26)(H2,22,23,25);1H. The van der Waals surface area contributed by atoms with Crippen molar-refractivity contribution in [3.63, 3.8) is 0 Å². The fourth-order valence-electron chi connectivity index (χ4n) is 2.51. The summed E-state index contributed by atoms with van der Waals surface area (Å²) < 4.78 is 10.6. The Morgan fingerprint density at radius 3 is 2.38 bits per heavy atom. The van der Waals surface area contributed by atoms with Gasteiger partial charge in [-0.15, -0.1) is 24.0 Å². The SMILES string of the molecule is CCNC(=NCCC(=O)NCc1ccccc1)Nc1ccc(OC)c(OC)c1.I. The van der Waals surface area contributed by atoms with Crippen molar-refractivity contribution >= 4 is 41.5 Å². The van der Waals surface area contributed by atoms with Crippen molar-refractivity contribution in [2.75, 3.05) is 32.6 Å². The first kappa shape index (κ1) is 24.5. The Morgan fingerprint density at radius 2 is 1.72 bits per heavy atom. The summed E-state index contributed by atoms with van der Waals surface area (Å²) >= 11 is 0. The summed E-state index contributed by atoms with van der Waals surface area (Å²) in [6.45, 7) is 3.59. The number of benzene rings is 2. The maximum absolute atomic E-state index is 12.0. The van der Waals surface area contributed by atoms with Crippen LogP contribution in [0.2, 0.25) is 0 Å². The molecule has 0 saturated heterocycles. The molecule has 3 N–H and O–H groups in total. The number of aliphatic imine (C=N–C) groups is 1. The maximum atomic E-state index is 12.0. The van der Waals surface area contributed by atoms with Crippen molar-refractivity contribution in [1.82, 2.24) is 10.6 Å². The molecule has 0 radical (unpaired) electrons. The number of halogens is 1. The minimum Gasteiger partial charge on any atom is -0.493 e. The lowest BCUT2D eigenvalue weighted by Crippen LogP contribution is -2.31. The molecule has 0 bridgehead atoms. The van der Waals surface area contributed by atoms with Crippen molar-refractivity contribution in [2.24, 2.45) is 4.99 Å². The quantitative estimate of drug-likeness (QED) is 0.273. The Hall–Kier alpha value is -2.49. The van der Waals surface area contributed by atoms with Crippen LogP contribution in [-0.2, 0) is 11.3 Å². The molecule has 2 aromatic carbocycles. The fourth-order valence-corrected chi connectivity index (χ4v) is 2.51. The van der Waals surface area contributed by atoms with Gasteiger partial charge in [-0.2, -0.15) is 0 Å². The van der Waals surface area contributed by atoms with Crippen molar-refractivity contribution in [1.29, 1.82) is 0 Å². The van der Waals surface area contributed by atoms with E-state index in [2.05, 4.69) is 20.9 Å². The summed E-state index contributed by atoms with van der Waals surface area (Å²) in [7, 11) is 3.19. The fraction of sp³-hybridized carbons (Fsp3) is 0.333. The number of nitrogens with one attached hydrogen (secondary N) is 3. The molecule has 1 amide bonds. The monoisotopic (exact) mass is 512 g/mol. The predicted octanol–water partition coefficient (Wildman–Crippen LogP) is 3.41. The normalized spacial score (nSPS) is 10.5. The highest BCUT2D eigenvalue weighted by Gasteiger charge is 2.07. The van der Waals surface area contributed by atoms with Gasteiger partial charge < -0.3 is 25.4 Å². The Balaban J connectivity index is 0.00000420. The minimum atomic E-state index is -0.0328. The van der Waals surface area contributed by atoms with Crippen LogP contribution in [0.3, 0.4) is 0 Å². The molecule has 0 spiro atoms. The van der Waals surface area contributed by atoms with E-state index in [0.717, 1.165) is 11.3 Å². The maximum Gasteiger partial charge on any atom is 0.222 e. The number of ether oxygens (including phenoxy) is 2. The average Bonchev–Trinajstić information content (AvgIpc) is 2.73. The minimum absolute atomic E-state index is 0. The number of carbonyl (C=O) groups excluding carboxylic acids is 1. The number of hydrogen-bond acceptors (Lipinski definition) is 4. The molecule has 0 saturated carbocycles. The van der Waals surface area contributed by atoms with Gasteiger partial charge in [0.1, 0.15) is 0 Å². The Kier molecular flexibility index (Phi) is 11.6. The Labute approximate surface area is 189 Å². The molecule has 0 atom stereocenters. The first-order chi connectivity index (χ1) is 13.7. The van der Waals surface area contributed by atoms with Crippen molar-refractivity contribution in [3.05, 3.63) is 54.1 Å². The predicted molar refractivity (Wildman–Crippen MR) is 127 cm³/mol. The highest BCUT2D eigenvalue weighted by molar-refractivity contribution is 14.0. The van der Waals surface area contributed by atoms with Crippen LogP contribution in [0.1, 0.15) is 18.9 Å². The second-order valence-electron chi connectivity index (χ2n) is 5.97. The largest absolute Gasteiger partial charge is 0.493 e. The second-order valence-corrected chi connectivity index (χ2v) is 5.97. The molecule has 2 rings (SSSR count). The van der Waals surface area contributed by atoms with E-state index >= 15 is 0 Å². The lowest BCUT2D eigenvalue weighted by atomic mass is 10.2. The van der Waals surface area contributed by atoms with Crippen molar-refractivity contribution < 1.29 is 14.3 Å². The van der Waals surface area contributed by atoms with E-state index in [0.29, 0.717) is 43.5 Å². The number of carbonyl (C=O) groups is 1. The molecule has 29 heavy (non-hydrogen) atoms. The van der Waals surface area contributed by atoms with E-state index in [1.165, 1.54) is 0 Å². The van der Waals surface area contributed by atoms with Crippen molar-refractivity contribution in [3.8, 4) is 11.5 Å². The summed E-state index contributed by atoms with van der Waals surface area (Å²) in [6, 6.07) is 15.3. The molecule has 0 heterocycles. The first-order valence-corrected chi connectivity index (χ1v) is 9.24. The summed E-state index contributed by atoms with van der Waals surface area (Å²) in [4.78, 5) is 16.5. The van der Waals surface area contributed by atoms with E-state index in [4.69, 9.17) is 9.47 Å². The topological polar surface area (TPSA) is 84.0 Å². The highest BCUT2D eigenvalue weighted by atomic mass is 127. The Morgan fingerprint density at radius 1 is 1.00 bits per heavy atom. The molecule has 0 aliphatic carbocycles. The zero-order valence-electron chi connectivity index (χ0n) is 17.0. The van der Waals surface area contributed by atoms with Gasteiger partial charge in [0.25, 0.3) is 0 Å². The van der Waals surface area contributed by atoms with Crippen LogP contribution in [0.4, 0.5) is 5.69 Å². The number of methoxy groups -OCH3 is 2. The van der Waals surface area contributed by atoms with Gasteiger partial charge in [-0.25, -0.2) is 0 Å². The number of amides is 1. The summed E-state index contributed by atoms with van der Waals surface area (Å²) in [5.41, 5.74) is 1.88. The summed E-state index contributed by atoms with van der Waals surface area (Å²) in [5.74, 6) is 1.86. The van der Waals surface area contributed by atoms with Gasteiger partial charge in [-0.1, -0.05) is 30.3 Å². The molecular weight excluding hydrogens is 483 g/mol. The second kappa shape index (κ2) is 13.6. The van der Waals surface area contributed by atoms with Gasteiger partial charge in [-0.05, 0) is 24.6 Å². The number of guanidine groups is 1. The van der Waals surface area contributed by atoms with Crippen LogP contribution in [0.5, 0.6) is 11.5 Å². The molecule has 0 aliphatic rings. The van der Waals surface area contributed by atoms with E-state index < -0.39 is 0 Å². The average molecular weight is 512 g/mol. The van der Waals surface area contributed by atoms with Crippen LogP contribution in [-0.4, -0.2) is 39.2 Å². The van der Waals surface area contributed by atoms with Crippen LogP contribution >= 0.6 is 24.0 Å². The van der Waals surface area contributed by atoms with Crippen LogP contribution in [0, 0.1) is 0 Å². The van der Waals surface area contributed by atoms with E-state index in [1.54, 1.807) is 14.2 Å². The molecule has 7 nitrogen and oxygen atoms in total. The lowest BCUT2D eigenvalue weighted by Gasteiger charge is -2.13. The van der Waals surface area contributed by atoms with Gasteiger partial charge >= 0.3 is 0 Å². The molecule has 158 valence electrons. The third-order valence-electron chi connectivity index (χ3n) is 3.93. The molecule has 8 heteroatoms. The van der Waals surface area contributed by atoms with E-state index in [9.17, 15) is 4.79 Å².